The smallest absolute Gasteiger partial charge is 0.227 e. The summed E-state index contributed by atoms with van der Waals surface area (Å²) in [6.07, 6.45) is 4.28. The topological polar surface area (TPSA) is 64.3 Å². The number of carbonyl (C=O) groups is 1. The molecular weight excluding hydrogens is 259 g/mol. The molecule has 0 spiro atoms. The van der Waals surface area contributed by atoms with Gasteiger partial charge in [-0.15, -0.1) is 0 Å². The van der Waals surface area contributed by atoms with Crippen molar-refractivity contribution in [1.82, 2.24) is 5.32 Å². The molecule has 0 aliphatic heterocycles. The minimum absolute atomic E-state index is 0.0560. The van der Waals surface area contributed by atoms with Crippen LogP contribution in [-0.4, -0.2) is 19.1 Å². The van der Waals surface area contributed by atoms with Crippen molar-refractivity contribution in [3.8, 4) is 5.75 Å². The van der Waals surface area contributed by atoms with E-state index in [0.29, 0.717) is 12.0 Å². The van der Waals surface area contributed by atoms with Crippen molar-refractivity contribution < 1.29 is 13.9 Å². The summed E-state index contributed by atoms with van der Waals surface area (Å²) in [6, 6.07) is 4.34. The maximum Gasteiger partial charge on any atom is 0.227 e. The molecule has 0 aromatic heterocycles. The van der Waals surface area contributed by atoms with Crippen LogP contribution < -0.4 is 15.8 Å². The Morgan fingerprint density at radius 3 is 2.80 bits per heavy atom. The van der Waals surface area contributed by atoms with Crippen molar-refractivity contribution in [3.63, 3.8) is 0 Å². The molecule has 2 rings (SSSR count). The van der Waals surface area contributed by atoms with Gasteiger partial charge < -0.3 is 15.8 Å². The van der Waals surface area contributed by atoms with Crippen LogP contribution in [0.15, 0.2) is 30.4 Å². The molecule has 1 aliphatic carbocycles. The number of ether oxygens (including phenoxy) is 1. The highest BCUT2D eigenvalue weighted by molar-refractivity contribution is 5.81. The third kappa shape index (κ3) is 3.17. The van der Waals surface area contributed by atoms with Crippen molar-refractivity contribution in [2.24, 2.45) is 11.7 Å². The van der Waals surface area contributed by atoms with Crippen LogP contribution in [0, 0.1) is 11.7 Å². The van der Waals surface area contributed by atoms with E-state index in [1.807, 2.05) is 19.1 Å². The van der Waals surface area contributed by atoms with E-state index in [-0.39, 0.29) is 29.7 Å². The zero-order chi connectivity index (χ0) is 14.7. The molecule has 0 saturated heterocycles. The van der Waals surface area contributed by atoms with Crippen molar-refractivity contribution in [2.75, 3.05) is 7.11 Å². The number of carbonyl (C=O) groups excluding carboxylic acids is 1. The van der Waals surface area contributed by atoms with Gasteiger partial charge in [-0.25, -0.2) is 4.39 Å². The zero-order valence-electron chi connectivity index (χ0n) is 11.6. The molecule has 0 fully saturated rings. The maximum absolute atomic E-state index is 13.6. The fourth-order valence-electron chi connectivity index (χ4n) is 2.28. The first-order valence-corrected chi connectivity index (χ1v) is 6.59. The van der Waals surface area contributed by atoms with E-state index < -0.39 is 5.82 Å². The molecule has 20 heavy (non-hydrogen) atoms. The Hall–Kier alpha value is -1.88. The average Bonchev–Trinajstić information content (AvgIpc) is 2.85. The Bertz CT molecular complexity index is 531. The van der Waals surface area contributed by atoms with Gasteiger partial charge in [-0.2, -0.15) is 0 Å². The van der Waals surface area contributed by atoms with E-state index in [0.717, 1.165) is 0 Å². The molecule has 3 N–H and O–H groups in total. The van der Waals surface area contributed by atoms with Gasteiger partial charge in [0.1, 0.15) is 0 Å². The Kier molecular flexibility index (Phi) is 4.39. The standard InChI is InChI=1S/C15H19FN2O2/c1-9(10-4-6-14(20-2)13(16)8-10)18-15(19)11-3-5-12(17)7-11/h3-6,8-9,11-12H,7,17H2,1-2H3,(H,18,19). The van der Waals surface area contributed by atoms with Crippen LogP contribution in [0.5, 0.6) is 5.75 Å². The number of methoxy groups -OCH3 is 1. The molecule has 3 atom stereocenters. The van der Waals surface area contributed by atoms with Crippen molar-refractivity contribution in [2.45, 2.75) is 25.4 Å². The van der Waals surface area contributed by atoms with Crippen LogP contribution in [0.3, 0.4) is 0 Å². The van der Waals surface area contributed by atoms with Gasteiger partial charge in [0, 0.05) is 6.04 Å². The third-order valence-electron chi connectivity index (χ3n) is 3.49. The summed E-state index contributed by atoms with van der Waals surface area (Å²) in [5.41, 5.74) is 6.42. The van der Waals surface area contributed by atoms with Crippen LogP contribution in [0.2, 0.25) is 0 Å². The molecule has 4 nitrogen and oxygen atoms in total. The van der Waals surface area contributed by atoms with Crippen molar-refractivity contribution >= 4 is 5.91 Å². The molecule has 0 radical (unpaired) electrons. The summed E-state index contributed by atoms with van der Waals surface area (Å²) >= 11 is 0. The van der Waals surface area contributed by atoms with E-state index in [9.17, 15) is 9.18 Å². The molecule has 3 unspecified atom stereocenters. The molecule has 108 valence electrons. The summed E-state index contributed by atoms with van der Waals surface area (Å²) in [4.78, 5) is 12.0. The van der Waals surface area contributed by atoms with Gasteiger partial charge in [-0.3, -0.25) is 4.79 Å². The van der Waals surface area contributed by atoms with E-state index >= 15 is 0 Å². The summed E-state index contributed by atoms with van der Waals surface area (Å²) in [5.74, 6) is -0.528. The van der Waals surface area contributed by atoms with E-state index in [2.05, 4.69) is 5.32 Å². The molecule has 0 bridgehead atoms. The van der Waals surface area contributed by atoms with Crippen LogP contribution in [-0.2, 0) is 4.79 Å². The minimum atomic E-state index is -0.436. The first kappa shape index (κ1) is 14.5. The van der Waals surface area contributed by atoms with Gasteiger partial charge in [-0.1, -0.05) is 18.2 Å². The van der Waals surface area contributed by atoms with Crippen LogP contribution in [0.1, 0.15) is 24.9 Å². The molecule has 0 saturated carbocycles. The number of nitrogens with two attached hydrogens (primary N) is 1. The summed E-state index contributed by atoms with van der Waals surface area (Å²) < 4.78 is 18.5. The van der Waals surface area contributed by atoms with E-state index in [4.69, 9.17) is 10.5 Å². The second-order valence-corrected chi connectivity index (χ2v) is 5.02. The molecule has 0 heterocycles. The van der Waals surface area contributed by atoms with E-state index in [1.54, 1.807) is 12.1 Å². The monoisotopic (exact) mass is 278 g/mol. The highest BCUT2D eigenvalue weighted by Crippen LogP contribution is 2.23. The highest BCUT2D eigenvalue weighted by atomic mass is 19.1. The predicted octanol–water partition coefficient (Wildman–Crippen LogP) is 1.91. The number of amides is 1. The second kappa shape index (κ2) is 6.05. The average molecular weight is 278 g/mol. The normalized spacial score (nSPS) is 22.6. The molecule has 1 amide bonds. The number of hydrogen-bond donors (Lipinski definition) is 2. The van der Waals surface area contributed by atoms with Gasteiger partial charge in [0.25, 0.3) is 0 Å². The maximum atomic E-state index is 13.6. The van der Waals surface area contributed by atoms with Gasteiger partial charge in [0.2, 0.25) is 5.91 Å². The van der Waals surface area contributed by atoms with Crippen LogP contribution in [0.4, 0.5) is 4.39 Å². The van der Waals surface area contributed by atoms with Crippen LogP contribution >= 0.6 is 0 Å². The summed E-state index contributed by atoms with van der Waals surface area (Å²) in [5, 5.41) is 2.87. The number of nitrogens with one attached hydrogen (secondary N) is 1. The first-order chi connectivity index (χ1) is 9.51. The van der Waals surface area contributed by atoms with Gasteiger partial charge in [-0.05, 0) is 31.0 Å². The SMILES string of the molecule is COc1ccc(C(C)NC(=O)C2C=CC(N)C2)cc1F. The zero-order valence-corrected chi connectivity index (χ0v) is 11.6. The van der Waals surface area contributed by atoms with Crippen molar-refractivity contribution in [3.05, 3.63) is 41.7 Å². The fraction of sp³-hybridized carbons (Fsp3) is 0.400. The Morgan fingerprint density at radius 1 is 1.50 bits per heavy atom. The number of rotatable bonds is 4. The number of halogens is 1. The lowest BCUT2D eigenvalue weighted by Gasteiger charge is -2.17. The minimum Gasteiger partial charge on any atom is -0.494 e. The molecule has 1 aromatic carbocycles. The summed E-state index contributed by atoms with van der Waals surface area (Å²) in [7, 11) is 1.42. The third-order valence-corrected chi connectivity index (χ3v) is 3.49. The number of hydrogen-bond acceptors (Lipinski definition) is 3. The fourth-order valence-corrected chi connectivity index (χ4v) is 2.28. The van der Waals surface area contributed by atoms with Crippen LogP contribution in [0.25, 0.3) is 0 Å². The largest absolute Gasteiger partial charge is 0.494 e. The lowest BCUT2D eigenvalue weighted by Crippen LogP contribution is -2.32. The van der Waals surface area contributed by atoms with Crippen molar-refractivity contribution in [1.29, 1.82) is 0 Å². The summed E-state index contributed by atoms with van der Waals surface area (Å²) in [6.45, 7) is 1.82. The second-order valence-electron chi connectivity index (χ2n) is 5.02. The molecule has 1 aliphatic rings. The molecular formula is C15H19FN2O2. The Balaban J connectivity index is 2.01. The van der Waals surface area contributed by atoms with Gasteiger partial charge >= 0.3 is 0 Å². The molecule has 1 aromatic rings. The van der Waals surface area contributed by atoms with Gasteiger partial charge in [0.05, 0.1) is 19.1 Å². The highest BCUT2D eigenvalue weighted by Gasteiger charge is 2.24. The predicted molar refractivity (Wildman–Crippen MR) is 74.7 cm³/mol. The molecule has 5 heteroatoms. The lowest BCUT2D eigenvalue weighted by molar-refractivity contribution is -0.124. The van der Waals surface area contributed by atoms with E-state index in [1.165, 1.54) is 13.2 Å². The number of benzene rings is 1. The quantitative estimate of drug-likeness (QED) is 0.827. The Morgan fingerprint density at radius 2 is 2.25 bits per heavy atom. The lowest BCUT2D eigenvalue weighted by atomic mass is 10.0. The van der Waals surface area contributed by atoms with Gasteiger partial charge in [0.15, 0.2) is 11.6 Å². The first-order valence-electron chi connectivity index (χ1n) is 6.59. The Labute approximate surface area is 117 Å².